The number of likely N-dealkylation sites (tertiary alicyclic amines) is 1. The van der Waals surface area contributed by atoms with E-state index in [2.05, 4.69) is 15.3 Å². The van der Waals surface area contributed by atoms with Crippen LogP contribution < -0.4 is 10.2 Å². The molecule has 1 N–H and O–H groups in total. The number of nitrogens with one attached hydrogen (secondary N) is 1. The van der Waals surface area contributed by atoms with Crippen LogP contribution in [0.2, 0.25) is 0 Å². The van der Waals surface area contributed by atoms with Gasteiger partial charge < -0.3 is 19.9 Å². The van der Waals surface area contributed by atoms with Gasteiger partial charge in [-0.15, -0.1) is 0 Å². The fourth-order valence-electron chi connectivity index (χ4n) is 3.27. The summed E-state index contributed by atoms with van der Waals surface area (Å²) in [6.07, 6.45) is 1.08. The molecule has 1 aliphatic heterocycles. The largest absolute Gasteiger partial charge is 0.450 e. The van der Waals surface area contributed by atoms with E-state index in [1.807, 2.05) is 49.2 Å². The van der Waals surface area contributed by atoms with Crippen LogP contribution in [0.5, 0.6) is 0 Å². The number of benzene rings is 1. The average molecular weight is 397 g/mol. The molecule has 1 aliphatic rings. The fourth-order valence-corrected chi connectivity index (χ4v) is 3.27. The van der Waals surface area contributed by atoms with Crippen molar-refractivity contribution in [2.24, 2.45) is 0 Å². The summed E-state index contributed by atoms with van der Waals surface area (Å²) < 4.78 is 5.03. The van der Waals surface area contributed by atoms with E-state index in [9.17, 15) is 9.59 Å². The summed E-state index contributed by atoms with van der Waals surface area (Å²) in [5.41, 5.74) is 2.00. The van der Waals surface area contributed by atoms with Crippen molar-refractivity contribution >= 4 is 23.6 Å². The Balaban J connectivity index is 1.64. The molecule has 2 aromatic rings. The number of aromatic nitrogens is 2. The summed E-state index contributed by atoms with van der Waals surface area (Å²) in [5, 5.41) is 3.03. The lowest BCUT2D eigenvalue weighted by Gasteiger charge is -2.31. The summed E-state index contributed by atoms with van der Waals surface area (Å²) >= 11 is 0. The molecular weight excluding hydrogens is 370 g/mol. The van der Waals surface area contributed by atoms with Crippen LogP contribution in [0, 0.1) is 6.92 Å². The second-order valence-corrected chi connectivity index (χ2v) is 7.02. The van der Waals surface area contributed by atoms with Crippen molar-refractivity contribution in [2.75, 3.05) is 31.6 Å². The number of anilines is 2. The quantitative estimate of drug-likeness (QED) is 0.835. The predicted molar refractivity (Wildman–Crippen MR) is 110 cm³/mol. The van der Waals surface area contributed by atoms with E-state index in [4.69, 9.17) is 4.74 Å². The summed E-state index contributed by atoms with van der Waals surface area (Å²) in [5.74, 6) is 0.242. The van der Waals surface area contributed by atoms with Crippen LogP contribution in [0.15, 0.2) is 36.4 Å². The fraction of sp³-hybridized carbons (Fsp3) is 0.429. The van der Waals surface area contributed by atoms with E-state index in [0.29, 0.717) is 44.2 Å². The molecule has 3 rings (SSSR count). The van der Waals surface area contributed by atoms with Gasteiger partial charge in [-0.2, -0.15) is 0 Å². The van der Waals surface area contributed by atoms with Crippen LogP contribution in [-0.4, -0.2) is 59.7 Å². The van der Waals surface area contributed by atoms with Gasteiger partial charge in [0.15, 0.2) is 0 Å². The van der Waals surface area contributed by atoms with E-state index < -0.39 is 0 Å². The SMILES string of the molecule is CCOC(=O)N1CCC(NC(=O)c2cc(C)nc(N(C)c3ccccc3)n2)CC1. The molecule has 1 aromatic heterocycles. The molecule has 1 aromatic carbocycles. The summed E-state index contributed by atoms with van der Waals surface area (Å²) in [6.45, 7) is 5.13. The number of amides is 2. The highest BCUT2D eigenvalue weighted by atomic mass is 16.6. The van der Waals surface area contributed by atoms with Crippen molar-refractivity contribution in [2.45, 2.75) is 32.7 Å². The zero-order valence-electron chi connectivity index (χ0n) is 17.1. The van der Waals surface area contributed by atoms with Gasteiger partial charge in [0.05, 0.1) is 6.61 Å². The van der Waals surface area contributed by atoms with Crippen molar-refractivity contribution in [3.63, 3.8) is 0 Å². The second kappa shape index (κ2) is 9.36. The number of ether oxygens (including phenoxy) is 1. The van der Waals surface area contributed by atoms with Gasteiger partial charge in [0, 0.05) is 37.6 Å². The standard InChI is InChI=1S/C21H27N5O3/c1-4-29-21(28)26-12-10-16(11-13-26)23-19(27)18-14-15(2)22-20(24-18)25(3)17-8-6-5-7-9-17/h5-9,14,16H,4,10-13H2,1-3H3,(H,23,27). The molecule has 2 heterocycles. The summed E-state index contributed by atoms with van der Waals surface area (Å²) in [4.78, 5) is 37.0. The van der Waals surface area contributed by atoms with Gasteiger partial charge in [-0.3, -0.25) is 4.79 Å². The first-order valence-corrected chi connectivity index (χ1v) is 9.85. The number of hydrogen-bond acceptors (Lipinski definition) is 6. The van der Waals surface area contributed by atoms with E-state index in [1.54, 1.807) is 17.9 Å². The number of carbonyl (C=O) groups excluding carboxylic acids is 2. The van der Waals surface area contributed by atoms with Crippen LogP contribution in [0.3, 0.4) is 0 Å². The molecule has 1 fully saturated rings. The highest BCUT2D eigenvalue weighted by molar-refractivity contribution is 5.93. The molecule has 2 amide bonds. The average Bonchev–Trinajstić information content (AvgIpc) is 2.74. The van der Waals surface area contributed by atoms with Crippen molar-refractivity contribution in [1.29, 1.82) is 0 Å². The van der Waals surface area contributed by atoms with Crippen LogP contribution in [-0.2, 0) is 4.74 Å². The Labute approximate surface area is 170 Å². The number of hydrogen-bond donors (Lipinski definition) is 1. The number of aryl methyl sites for hydroxylation is 1. The maximum atomic E-state index is 12.8. The molecule has 0 atom stereocenters. The van der Waals surface area contributed by atoms with Gasteiger partial charge in [-0.05, 0) is 44.9 Å². The van der Waals surface area contributed by atoms with Crippen molar-refractivity contribution in [1.82, 2.24) is 20.2 Å². The minimum absolute atomic E-state index is 0.00116. The van der Waals surface area contributed by atoms with Gasteiger partial charge in [0.25, 0.3) is 5.91 Å². The maximum Gasteiger partial charge on any atom is 0.409 e. The van der Waals surface area contributed by atoms with E-state index in [-0.39, 0.29) is 18.0 Å². The highest BCUT2D eigenvalue weighted by Gasteiger charge is 2.25. The third-order valence-corrected chi connectivity index (χ3v) is 4.87. The molecule has 154 valence electrons. The lowest BCUT2D eigenvalue weighted by molar-refractivity contribution is 0.0856. The maximum absolute atomic E-state index is 12.8. The first kappa shape index (κ1) is 20.6. The van der Waals surface area contributed by atoms with Crippen LogP contribution in [0.4, 0.5) is 16.4 Å². The van der Waals surface area contributed by atoms with Gasteiger partial charge in [-0.25, -0.2) is 14.8 Å². The summed E-state index contributed by atoms with van der Waals surface area (Å²) in [7, 11) is 1.87. The third kappa shape index (κ3) is 5.22. The normalized spacial score (nSPS) is 14.4. The molecule has 0 unspecified atom stereocenters. The Morgan fingerprint density at radius 2 is 1.90 bits per heavy atom. The Kier molecular flexibility index (Phi) is 6.64. The number of para-hydroxylation sites is 1. The van der Waals surface area contributed by atoms with Crippen LogP contribution in [0.1, 0.15) is 35.9 Å². The topological polar surface area (TPSA) is 87.7 Å². The first-order chi connectivity index (χ1) is 14.0. The van der Waals surface area contributed by atoms with Crippen molar-refractivity contribution < 1.29 is 14.3 Å². The molecule has 1 saturated heterocycles. The van der Waals surface area contributed by atoms with Crippen LogP contribution >= 0.6 is 0 Å². The molecule has 0 aliphatic carbocycles. The zero-order chi connectivity index (χ0) is 20.8. The molecule has 0 spiro atoms. The molecular formula is C21H27N5O3. The minimum atomic E-state index is -0.294. The number of piperidine rings is 1. The lowest BCUT2D eigenvalue weighted by atomic mass is 10.1. The van der Waals surface area contributed by atoms with Gasteiger partial charge in [-0.1, -0.05) is 18.2 Å². The van der Waals surface area contributed by atoms with E-state index >= 15 is 0 Å². The van der Waals surface area contributed by atoms with Gasteiger partial charge in [0.2, 0.25) is 5.95 Å². The molecule has 29 heavy (non-hydrogen) atoms. The number of rotatable bonds is 5. The Morgan fingerprint density at radius 3 is 2.55 bits per heavy atom. The molecule has 8 heteroatoms. The Hall–Kier alpha value is -3.16. The smallest absolute Gasteiger partial charge is 0.409 e. The minimum Gasteiger partial charge on any atom is -0.450 e. The summed E-state index contributed by atoms with van der Waals surface area (Å²) in [6, 6.07) is 11.4. The predicted octanol–water partition coefficient (Wildman–Crippen LogP) is 2.90. The Morgan fingerprint density at radius 1 is 1.21 bits per heavy atom. The number of nitrogens with zero attached hydrogens (tertiary/aromatic N) is 4. The van der Waals surface area contributed by atoms with Crippen LogP contribution in [0.25, 0.3) is 0 Å². The first-order valence-electron chi connectivity index (χ1n) is 9.85. The monoisotopic (exact) mass is 397 g/mol. The Bertz CT molecular complexity index is 851. The van der Waals surface area contributed by atoms with E-state index in [1.165, 1.54) is 0 Å². The van der Waals surface area contributed by atoms with Gasteiger partial charge >= 0.3 is 6.09 Å². The highest BCUT2D eigenvalue weighted by Crippen LogP contribution is 2.20. The van der Waals surface area contributed by atoms with E-state index in [0.717, 1.165) is 11.4 Å². The van der Waals surface area contributed by atoms with Crippen molar-refractivity contribution in [3.05, 3.63) is 47.8 Å². The lowest BCUT2D eigenvalue weighted by Crippen LogP contribution is -2.46. The molecule has 0 saturated carbocycles. The molecule has 0 radical (unpaired) electrons. The molecule has 8 nitrogen and oxygen atoms in total. The van der Waals surface area contributed by atoms with Crippen molar-refractivity contribution in [3.8, 4) is 0 Å². The molecule has 0 bridgehead atoms. The zero-order valence-corrected chi connectivity index (χ0v) is 17.1. The number of carbonyl (C=O) groups is 2. The third-order valence-electron chi connectivity index (χ3n) is 4.87. The second-order valence-electron chi connectivity index (χ2n) is 7.02. The van der Waals surface area contributed by atoms with Gasteiger partial charge in [0.1, 0.15) is 5.69 Å².